The Morgan fingerprint density at radius 1 is 1.25 bits per heavy atom. The van der Waals surface area contributed by atoms with Crippen LogP contribution in [0.5, 0.6) is 0 Å². The summed E-state index contributed by atoms with van der Waals surface area (Å²) in [6.07, 6.45) is 5.96. The minimum atomic E-state index is -0.703. The van der Waals surface area contributed by atoms with Crippen molar-refractivity contribution in [1.82, 2.24) is 0 Å². The van der Waals surface area contributed by atoms with E-state index < -0.39 is 12.2 Å². The monoisotopic (exact) mass is 278 g/mol. The molecule has 2 rings (SSSR count). The van der Waals surface area contributed by atoms with E-state index >= 15 is 0 Å². The van der Waals surface area contributed by atoms with Gasteiger partial charge in [0.25, 0.3) is 0 Å². The van der Waals surface area contributed by atoms with Crippen molar-refractivity contribution < 1.29 is 10.2 Å². The average molecular weight is 278 g/mol. The number of aliphatic hydroxyl groups is 2. The van der Waals surface area contributed by atoms with Crippen molar-refractivity contribution in [3.8, 4) is 0 Å². The first kappa shape index (κ1) is 15.8. The smallest absolute Gasteiger partial charge is 0.101 e. The van der Waals surface area contributed by atoms with Crippen LogP contribution in [0.3, 0.4) is 0 Å². The summed E-state index contributed by atoms with van der Waals surface area (Å²) < 4.78 is 0. The molecule has 0 heterocycles. The van der Waals surface area contributed by atoms with E-state index in [1.807, 2.05) is 13.0 Å². The van der Waals surface area contributed by atoms with Crippen molar-refractivity contribution in [3.05, 3.63) is 23.8 Å². The summed E-state index contributed by atoms with van der Waals surface area (Å²) >= 11 is 0. The predicted octanol–water partition coefficient (Wildman–Crippen LogP) is 3.84. The lowest BCUT2D eigenvalue weighted by Gasteiger charge is -2.58. The van der Waals surface area contributed by atoms with Gasteiger partial charge in [0.15, 0.2) is 0 Å². The molecule has 2 nitrogen and oxygen atoms in total. The minimum absolute atomic E-state index is 0.0213. The third kappa shape index (κ3) is 2.27. The molecule has 2 N–H and O–H groups in total. The molecule has 0 spiro atoms. The van der Waals surface area contributed by atoms with E-state index in [0.717, 1.165) is 31.3 Å². The van der Waals surface area contributed by atoms with Gasteiger partial charge in [-0.05, 0) is 49.0 Å². The Labute approximate surface area is 123 Å². The summed E-state index contributed by atoms with van der Waals surface area (Å²) in [6.45, 7) is 12.6. The van der Waals surface area contributed by atoms with Gasteiger partial charge in [0.2, 0.25) is 0 Å². The first-order chi connectivity index (χ1) is 9.25. The number of hydrogen-bond donors (Lipinski definition) is 2. The molecule has 1 fully saturated rings. The molecule has 0 unspecified atom stereocenters. The van der Waals surface area contributed by atoms with Crippen molar-refractivity contribution in [2.24, 2.45) is 16.7 Å². The lowest BCUT2D eigenvalue weighted by molar-refractivity contribution is -0.116. The van der Waals surface area contributed by atoms with Crippen molar-refractivity contribution in [2.45, 2.75) is 72.0 Å². The van der Waals surface area contributed by atoms with Crippen molar-refractivity contribution >= 4 is 0 Å². The molecule has 20 heavy (non-hydrogen) atoms. The maximum absolute atomic E-state index is 10.7. The molecule has 0 radical (unpaired) electrons. The molecule has 0 aromatic heterocycles. The molecule has 2 heteroatoms. The summed E-state index contributed by atoms with van der Waals surface area (Å²) in [5.41, 5.74) is 2.46. The maximum Gasteiger partial charge on any atom is 0.101 e. The molecule has 0 aromatic rings. The second-order valence-electron chi connectivity index (χ2n) is 7.66. The van der Waals surface area contributed by atoms with Crippen molar-refractivity contribution in [1.29, 1.82) is 0 Å². The Morgan fingerprint density at radius 2 is 1.90 bits per heavy atom. The van der Waals surface area contributed by atoms with Crippen LogP contribution >= 0.6 is 0 Å². The highest BCUT2D eigenvalue weighted by atomic mass is 16.3. The molecule has 0 bridgehead atoms. The summed E-state index contributed by atoms with van der Waals surface area (Å²) in [5, 5.41) is 21.2. The van der Waals surface area contributed by atoms with Crippen molar-refractivity contribution in [3.63, 3.8) is 0 Å². The molecular formula is C18H30O2. The lowest BCUT2D eigenvalue weighted by atomic mass is 9.48. The molecule has 0 amide bonds. The second kappa shape index (κ2) is 5.31. The SMILES string of the molecule is C=CCCC1=C(C)[C@H](O)[C@@H](O)[C@H]2C(C)(C)CCC[C@]12C. The highest BCUT2D eigenvalue weighted by Crippen LogP contribution is 2.60. The van der Waals surface area contributed by atoms with Crippen molar-refractivity contribution in [2.75, 3.05) is 0 Å². The van der Waals surface area contributed by atoms with Gasteiger partial charge >= 0.3 is 0 Å². The number of allylic oxidation sites excluding steroid dienone is 2. The Morgan fingerprint density at radius 3 is 2.50 bits per heavy atom. The third-order valence-corrected chi connectivity index (χ3v) is 5.92. The largest absolute Gasteiger partial charge is 0.390 e. The van der Waals surface area contributed by atoms with Crippen LogP contribution in [0, 0.1) is 16.7 Å². The van der Waals surface area contributed by atoms with Crippen LogP contribution in [0.15, 0.2) is 23.8 Å². The van der Waals surface area contributed by atoms with Gasteiger partial charge in [-0.15, -0.1) is 6.58 Å². The molecule has 2 aliphatic rings. The molecule has 2 aliphatic carbocycles. The predicted molar refractivity (Wildman–Crippen MR) is 83.4 cm³/mol. The quantitative estimate of drug-likeness (QED) is 0.770. The van der Waals surface area contributed by atoms with E-state index in [0.29, 0.717) is 0 Å². The maximum atomic E-state index is 10.7. The number of aliphatic hydroxyl groups excluding tert-OH is 2. The number of rotatable bonds is 3. The van der Waals surface area contributed by atoms with E-state index in [1.165, 1.54) is 12.0 Å². The fourth-order valence-electron chi connectivity index (χ4n) is 5.06. The van der Waals surface area contributed by atoms with Gasteiger partial charge in [0.05, 0.1) is 6.10 Å². The van der Waals surface area contributed by atoms with Crippen LogP contribution in [0.25, 0.3) is 0 Å². The fraction of sp³-hybridized carbons (Fsp3) is 0.778. The van der Waals surface area contributed by atoms with Crippen LogP contribution < -0.4 is 0 Å². The number of fused-ring (bicyclic) bond motifs is 1. The van der Waals surface area contributed by atoms with E-state index in [1.54, 1.807) is 0 Å². The number of hydrogen-bond acceptors (Lipinski definition) is 2. The van der Waals surface area contributed by atoms with E-state index in [4.69, 9.17) is 0 Å². The first-order valence-corrected chi connectivity index (χ1v) is 7.93. The van der Waals surface area contributed by atoms with Gasteiger partial charge in [0, 0.05) is 5.92 Å². The standard InChI is InChI=1S/C18H30O2/c1-6-7-9-13-12(2)14(19)15(20)16-17(3,4)10-8-11-18(13,16)5/h6,14-16,19-20H,1,7-11H2,2-5H3/t14-,15+,16-,18+/m0/s1. The van der Waals surface area contributed by atoms with Crippen LogP contribution in [-0.2, 0) is 0 Å². The van der Waals surface area contributed by atoms with Gasteiger partial charge < -0.3 is 10.2 Å². The Bertz CT molecular complexity index is 421. The van der Waals surface area contributed by atoms with Crippen LogP contribution in [0.2, 0.25) is 0 Å². The van der Waals surface area contributed by atoms with E-state index in [9.17, 15) is 10.2 Å². The molecular weight excluding hydrogens is 248 g/mol. The molecule has 0 aromatic carbocycles. The minimum Gasteiger partial charge on any atom is -0.390 e. The van der Waals surface area contributed by atoms with Gasteiger partial charge in [-0.3, -0.25) is 0 Å². The zero-order valence-electron chi connectivity index (χ0n) is 13.4. The zero-order chi connectivity index (χ0) is 15.1. The van der Waals surface area contributed by atoms with Gasteiger partial charge in [-0.25, -0.2) is 0 Å². The van der Waals surface area contributed by atoms with Crippen LogP contribution in [0.1, 0.15) is 59.8 Å². The summed E-state index contributed by atoms with van der Waals surface area (Å²) in [4.78, 5) is 0. The first-order valence-electron chi connectivity index (χ1n) is 7.93. The third-order valence-electron chi connectivity index (χ3n) is 5.92. The average Bonchev–Trinajstić information content (AvgIpc) is 2.35. The van der Waals surface area contributed by atoms with Gasteiger partial charge in [0.1, 0.15) is 6.10 Å². The Kier molecular flexibility index (Phi) is 4.19. The Balaban J connectivity index is 2.51. The molecule has 1 saturated carbocycles. The molecule has 114 valence electrons. The van der Waals surface area contributed by atoms with E-state index in [-0.39, 0.29) is 16.7 Å². The normalized spacial score (nSPS) is 40.4. The summed E-state index contributed by atoms with van der Waals surface area (Å²) in [6, 6.07) is 0. The lowest BCUT2D eigenvalue weighted by Crippen LogP contribution is -2.56. The Hall–Kier alpha value is -0.600. The van der Waals surface area contributed by atoms with Gasteiger partial charge in [-0.1, -0.05) is 38.8 Å². The summed E-state index contributed by atoms with van der Waals surface area (Å²) in [5.74, 6) is 0.141. The molecule has 0 saturated heterocycles. The second-order valence-corrected chi connectivity index (χ2v) is 7.66. The highest BCUT2D eigenvalue weighted by Gasteiger charge is 2.55. The van der Waals surface area contributed by atoms with Crippen LogP contribution in [-0.4, -0.2) is 22.4 Å². The van der Waals surface area contributed by atoms with E-state index in [2.05, 4.69) is 27.4 Å². The molecule has 0 aliphatic heterocycles. The zero-order valence-corrected chi connectivity index (χ0v) is 13.4. The fourth-order valence-corrected chi connectivity index (χ4v) is 5.06. The van der Waals surface area contributed by atoms with Gasteiger partial charge in [-0.2, -0.15) is 0 Å². The topological polar surface area (TPSA) is 40.5 Å². The van der Waals surface area contributed by atoms with Crippen LogP contribution in [0.4, 0.5) is 0 Å². The highest BCUT2D eigenvalue weighted by molar-refractivity contribution is 5.32. The summed E-state index contributed by atoms with van der Waals surface area (Å²) in [7, 11) is 0. The molecule has 4 atom stereocenters.